The predicted molar refractivity (Wildman–Crippen MR) is 132 cm³/mol. The molecule has 0 radical (unpaired) electrons. The molecule has 160 valence electrons. The number of aromatic nitrogens is 1. The van der Waals surface area contributed by atoms with Crippen LogP contribution in [0, 0.1) is 5.41 Å². The van der Waals surface area contributed by atoms with E-state index in [2.05, 4.69) is 67.9 Å². The molecule has 3 N–H and O–H groups in total. The van der Waals surface area contributed by atoms with Crippen molar-refractivity contribution in [2.45, 2.75) is 12.8 Å². The summed E-state index contributed by atoms with van der Waals surface area (Å²) in [5.74, 6) is 0. The highest BCUT2D eigenvalue weighted by Gasteiger charge is 2.18. The number of nitrogens with zero attached hydrogens (tertiary/aromatic N) is 2. The predicted octanol–water partition coefficient (Wildman–Crippen LogP) is 4.88. The lowest BCUT2D eigenvalue weighted by atomic mass is 10.1. The molecule has 0 aliphatic carbocycles. The van der Waals surface area contributed by atoms with Crippen LogP contribution in [-0.4, -0.2) is 49.2 Å². The Hall–Kier alpha value is -2.83. The van der Waals surface area contributed by atoms with E-state index in [1.165, 1.54) is 28.7 Å². The van der Waals surface area contributed by atoms with E-state index >= 15 is 0 Å². The van der Waals surface area contributed by atoms with Gasteiger partial charge in [-0.1, -0.05) is 12.1 Å². The molecule has 1 aliphatic rings. The van der Waals surface area contributed by atoms with Crippen LogP contribution in [0.15, 0.2) is 60.0 Å². The zero-order valence-electron chi connectivity index (χ0n) is 17.7. The molecule has 1 saturated heterocycles. The van der Waals surface area contributed by atoms with Crippen LogP contribution in [0.5, 0.6) is 0 Å². The van der Waals surface area contributed by atoms with Crippen molar-refractivity contribution in [2.24, 2.45) is 0 Å². The molecule has 31 heavy (non-hydrogen) atoms. The zero-order chi connectivity index (χ0) is 21.0. The smallest absolute Gasteiger partial charge is 0.122 e. The van der Waals surface area contributed by atoms with Gasteiger partial charge >= 0.3 is 0 Å². The molecule has 1 fully saturated rings. The summed E-state index contributed by atoms with van der Waals surface area (Å²) in [5.41, 5.74) is 3.96. The molecule has 4 aromatic rings. The van der Waals surface area contributed by atoms with Crippen molar-refractivity contribution < 1.29 is 0 Å². The number of fused-ring (bicyclic) bond motifs is 2. The molecule has 0 amide bonds. The van der Waals surface area contributed by atoms with Gasteiger partial charge in [-0.2, -0.15) is 0 Å². The lowest BCUT2D eigenvalue weighted by Crippen LogP contribution is -2.46. The quantitative estimate of drug-likeness (QED) is 0.366. The molecule has 1 aliphatic heterocycles. The maximum atomic E-state index is 7.74. The van der Waals surface area contributed by atoms with Crippen molar-refractivity contribution >= 4 is 43.7 Å². The first-order chi connectivity index (χ1) is 15.3. The third kappa shape index (κ3) is 4.60. The second-order valence-electron chi connectivity index (χ2n) is 8.25. The summed E-state index contributed by atoms with van der Waals surface area (Å²) >= 11 is 1.83. The minimum Gasteiger partial charge on any atom is -0.385 e. The van der Waals surface area contributed by atoms with E-state index in [-0.39, 0.29) is 0 Å². The lowest BCUT2D eigenvalue weighted by Gasteiger charge is -2.36. The van der Waals surface area contributed by atoms with Crippen molar-refractivity contribution in [3.8, 4) is 0 Å². The van der Waals surface area contributed by atoms with Crippen molar-refractivity contribution in [1.29, 1.82) is 5.41 Å². The first-order valence-electron chi connectivity index (χ1n) is 11.1. The van der Waals surface area contributed by atoms with Crippen LogP contribution in [0.3, 0.4) is 0 Å². The first-order valence-corrected chi connectivity index (χ1v) is 12.0. The summed E-state index contributed by atoms with van der Waals surface area (Å²) in [7, 11) is 0. The standard InChI is InChI=1S/C25H29N5S/c26-25-9-7-19-6-8-20(18-22(19)28-25)27-11-1-2-12-29-13-15-30(16-14-29)23-4-3-5-24-21(23)10-17-31-24/h3-10,17-18,27H,1-2,11-16H2,(H2,26,28). The summed E-state index contributed by atoms with van der Waals surface area (Å²) < 4.78 is 1.39. The molecule has 0 saturated carbocycles. The highest BCUT2D eigenvalue weighted by atomic mass is 32.1. The summed E-state index contributed by atoms with van der Waals surface area (Å²) in [5, 5.41) is 16.0. The molecular formula is C25H29N5S. The van der Waals surface area contributed by atoms with Gasteiger partial charge in [-0.05, 0) is 72.6 Å². The Labute approximate surface area is 186 Å². The fourth-order valence-corrected chi connectivity index (χ4v) is 5.25. The number of rotatable bonds is 7. The number of benzene rings is 2. The van der Waals surface area contributed by atoms with Crippen LogP contribution in [0.25, 0.3) is 21.0 Å². The number of hydrogen-bond donors (Lipinski definition) is 3. The van der Waals surface area contributed by atoms with Gasteiger partial charge in [0, 0.05) is 59.7 Å². The van der Waals surface area contributed by atoms with Crippen molar-refractivity contribution in [1.82, 2.24) is 9.88 Å². The highest BCUT2D eigenvalue weighted by Crippen LogP contribution is 2.31. The number of unbranched alkanes of at least 4 members (excludes halogenated alkanes) is 1. The van der Waals surface area contributed by atoms with Crippen molar-refractivity contribution in [3.63, 3.8) is 0 Å². The monoisotopic (exact) mass is 431 g/mol. The molecular weight excluding hydrogens is 402 g/mol. The van der Waals surface area contributed by atoms with Gasteiger partial charge in [0.25, 0.3) is 0 Å². The Morgan fingerprint density at radius 3 is 2.74 bits per heavy atom. The van der Waals surface area contributed by atoms with E-state index in [4.69, 9.17) is 5.41 Å². The van der Waals surface area contributed by atoms with Gasteiger partial charge in [0.2, 0.25) is 0 Å². The third-order valence-corrected chi connectivity index (χ3v) is 7.05. The van der Waals surface area contributed by atoms with Gasteiger partial charge in [0.15, 0.2) is 0 Å². The van der Waals surface area contributed by atoms with Crippen LogP contribution in [0.2, 0.25) is 0 Å². The van der Waals surface area contributed by atoms with E-state index in [0.29, 0.717) is 5.49 Å². The van der Waals surface area contributed by atoms with E-state index in [1.807, 2.05) is 17.4 Å². The molecule has 3 heterocycles. The molecule has 0 unspecified atom stereocenters. The van der Waals surface area contributed by atoms with Crippen molar-refractivity contribution in [3.05, 3.63) is 65.5 Å². The number of piperazine rings is 1. The number of pyridine rings is 1. The SMILES string of the molecule is N=c1ccc2ccc(NCCCCN3CCN(c4cccc5sccc45)CC3)cc2[nH]1. The number of thiophene rings is 1. The summed E-state index contributed by atoms with van der Waals surface area (Å²) in [4.78, 5) is 8.26. The van der Waals surface area contributed by atoms with E-state index in [9.17, 15) is 0 Å². The Bertz CT molecular complexity index is 1220. The molecule has 6 heteroatoms. The second-order valence-corrected chi connectivity index (χ2v) is 9.19. The molecule has 0 atom stereocenters. The van der Waals surface area contributed by atoms with E-state index < -0.39 is 0 Å². The minimum absolute atomic E-state index is 0.441. The van der Waals surface area contributed by atoms with Crippen LogP contribution < -0.4 is 15.7 Å². The number of H-pyrrole nitrogens is 1. The van der Waals surface area contributed by atoms with Crippen LogP contribution >= 0.6 is 11.3 Å². The van der Waals surface area contributed by atoms with Crippen LogP contribution in [-0.2, 0) is 0 Å². The molecule has 5 rings (SSSR count). The lowest BCUT2D eigenvalue weighted by molar-refractivity contribution is 0.254. The molecule has 2 aromatic heterocycles. The maximum Gasteiger partial charge on any atom is 0.122 e. The maximum absolute atomic E-state index is 7.74. The topological polar surface area (TPSA) is 58.2 Å². The van der Waals surface area contributed by atoms with Gasteiger partial charge in [0.05, 0.1) is 0 Å². The Kier molecular flexibility index (Phi) is 5.91. The summed E-state index contributed by atoms with van der Waals surface area (Å²) in [6.45, 7) is 6.66. The molecule has 5 nitrogen and oxygen atoms in total. The minimum atomic E-state index is 0.441. The summed E-state index contributed by atoms with van der Waals surface area (Å²) in [6, 6.07) is 19.0. The fraction of sp³-hybridized carbons (Fsp3) is 0.320. The molecule has 0 spiro atoms. The average molecular weight is 432 g/mol. The van der Waals surface area contributed by atoms with Crippen LogP contribution in [0.4, 0.5) is 11.4 Å². The Balaban J connectivity index is 1.05. The summed E-state index contributed by atoms with van der Waals surface area (Å²) in [6.07, 6.45) is 2.37. The van der Waals surface area contributed by atoms with Gasteiger partial charge < -0.3 is 15.2 Å². The number of nitrogens with one attached hydrogen (secondary N) is 3. The van der Waals surface area contributed by atoms with E-state index in [1.54, 1.807) is 6.07 Å². The van der Waals surface area contributed by atoms with Gasteiger partial charge in [-0.15, -0.1) is 11.3 Å². The highest BCUT2D eigenvalue weighted by molar-refractivity contribution is 7.17. The largest absolute Gasteiger partial charge is 0.385 e. The van der Waals surface area contributed by atoms with Crippen LogP contribution in [0.1, 0.15) is 12.8 Å². The first kappa shape index (κ1) is 20.1. The van der Waals surface area contributed by atoms with Gasteiger partial charge in [-0.3, -0.25) is 10.3 Å². The molecule has 0 bridgehead atoms. The third-order valence-electron chi connectivity index (χ3n) is 6.17. The van der Waals surface area contributed by atoms with E-state index in [0.717, 1.165) is 55.7 Å². The average Bonchev–Trinajstić information content (AvgIpc) is 3.28. The number of anilines is 2. The van der Waals surface area contributed by atoms with Crippen molar-refractivity contribution in [2.75, 3.05) is 49.5 Å². The number of hydrogen-bond acceptors (Lipinski definition) is 5. The zero-order valence-corrected chi connectivity index (χ0v) is 18.5. The fourth-order valence-electron chi connectivity index (χ4n) is 4.44. The van der Waals surface area contributed by atoms with Gasteiger partial charge in [0.1, 0.15) is 5.49 Å². The Morgan fingerprint density at radius 2 is 1.84 bits per heavy atom. The van der Waals surface area contributed by atoms with Gasteiger partial charge in [-0.25, -0.2) is 0 Å². The second kappa shape index (κ2) is 9.12. The molecule has 2 aromatic carbocycles. The normalized spacial score (nSPS) is 15.0. The number of aromatic amines is 1. The Morgan fingerprint density at radius 1 is 0.968 bits per heavy atom.